The summed E-state index contributed by atoms with van der Waals surface area (Å²) in [6.07, 6.45) is 4.76. The number of ether oxygens (including phenoxy) is 1. The van der Waals surface area contributed by atoms with Crippen molar-refractivity contribution in [1.29, 1.82) is 0 Å². The molecule has 0 spiro atoms. The summed E-state index contributed by atoms with van der Waals surface area (Å²) >= 11 is 0. The fourth-order valence-corrected chi connectivity index (χ4v) is 4.55. The van der Waals surface area contributed by atoms with Crippen LogP contribution >= 0.6 is 0 Å². The van der Waals surface area contributed by atoms with Crippen LogP contribution in [0.3, 0.4) is 0 Å². The summed E-state index contributed by atoms with van der Waals surface area (Å²) in [5.74, 6) is -0.604. The second kappa shape index (κ2) is 9.20. The predicted octanol–water partition coefficient (Wildman–Crippen LogP) is 1.53. The number of nitrogens with zero attached hydrogens (tertiary/aromatic N) is 4. The van der Waals surface area contributed by atoms with Crippen LogP contribution in [0.1, 0.15) is 11.1 Å². The summed E-state index contributed by atoms with van der Waals surface area (Å²) in [5.41, 5.74) is 7.03. The van der Waals surface area contributed by atoms with E-state index >= 15 is 0 Å². The minimum atomic E-state index is -3.89. The molecule has 0 saturated heterocycles. The minimum absolute atomic E-state index is 0.00788. The summed E-state index contributed by atoms with van der Waals surface area (Å²) in [7, 11) is -0.956. The second-order valence-corrected chi connectivity index (χ2v) is 9.31. The maximum absolute atomic E-state index is 13.6. The molecule has 0 saturated carbocycles. The molecule has 1 unspecified atom stereocenters. The van der Waals surface area contributed by atoms with E-state index in [1.807, 2.05) is 12.1 Å². The molecule has 4 rings (SSSR count). The lowest BCUT2D eigenvalue weighted by molar-refractivity contribution is -0.129. The Bertz CT molecular complexity index is 1350. The van der Waals surface area contributed by atoms with E-state index in [0.717, 1.165) is 11.1 Å². The van der Waals surface area contributed by atoms with Gasteiger partial charge in [0.2, 0.25) is 0 Å². The van der Waals surface area contributed by atoms with Crippen LogP contribution < -0.4 is 9.92 Å². The fraction of sp³-hybridized carbons (Fsp3) is 0.217. The van der Waals surface area contributed by atoms with E-state index < -0.39 is 15.7 Å². The van der Waals surface area contributed by atoms with Crippen LogP contribution in [0, 0.1) is 0 Å². The molecule has 1 atom stereocenters. The van der Waals surface area contributed by atoms with Crippen LogP contribution in [-0.2, 0) is 25.2 Å². The van der Waals surface area contributed by atoms with E-state index in [9.17, 15) is 13.2 Å². The summed E-state index contributed by atoms with van der Waals surface area (Å²) < 4.78 is 34.6. The van der Waals surface area contributed by atoms with Crippen molar-refractivity contribution in [3.8, 4) is 16.9 Å². The van der Waals surface area contributed by atoms with Crippen LogP contribution in [0.2, 0.25) is 0 Å². The van der Waals surface area contributed by atoms with Gasteiger partial charge in [-0.25, -0.2) is 15.0 Å². The van der Waals surface area contributed by atoms with Gasteiger partial charge in [-0.2, -0.15) is 8.42 Å². The Kier molecular flexibility index (Phi) is 6.31. The number of nitrogens with two attached hydrogens (primary N) is 1. The molecule has 0 radical (unpaired) electrons. The molecule has 0 fully saturated rings. The maximum Gasteiger partial charge on any atom is 0.311 e. The highest BCUT2D eigenvalue weighted by atomic mass is 32.2. The molecule has 1 aromatic heterocycles. The number of guanidine groups is 1. The number of hydrogen-bond donors (Lipinski definition) is 1. The van der Waals surface area contributed by atoms with Gasteiger partial charge >= 0.3 is 10.1 Å². The highest BCUT2D eigenvalue weighted by Crippen LogP contribution is 2.41. The van der Waals surface area contributed by atoms with E-state index in [4.69, 9.17) is 14.7 Å². The first kappa shape index (κ1) is 23.3. The molecule has 34 heavy (non-hydrogen) atoms. The molecule has 2 heterocycles. The molecule has 2 aromatic carbocycles. The van der Waals surface area contributed by atoms with Crippen molar-refractivity contribution in [2.24, 2.45) is 10.7 Å². The average molecular weight is 482 g/mol. The lowest BCUT2D eigenvalue weighted by atomic mass is 9.81. The van der Waals surface area contributed by atoms with Crippen LogP contribution in [0.15, 0.2) is 72.2 Å². The topological polar surface area (TPSA) is 137 Å². The van der Waals surface area contributed by atoms with Crippen molar-refractivity contribution in [3.05, 3.63) is 78.4 Å². The Hall–Kier alpha value is -3.83. The molecule has 1 aliphatic rings. The minimum Gasteiger partial charge on any atom is -0.383 e. The van der Waals surface area contributed by atoms with Crippen LogP contribution in [0.25, 0.3) is 11.1 Å². The van der Waals surface area contributed by atoms with Gasteiger partial charge in [-0.05, 0) is 34.9 Å². The van der Waals surface area contributed by atoms with Crippen molar-refractivity contribution in [1.82, 2.24) is 14.9 Å². The van der Waals surface area contributed by atoms with E-state index in [0.29, 0.717) is 11.1 Å². The first-order chi connectivity index (χ1) is 16.3. The number of carbonyl (C=O) groups excluding carboxylic acids is 1. The summed E-state index contributed by atoms with van der Waals surface area (Å²) in [6.45, 7) is -0.00788. The van der Waals surface area contributed by atoms with Gasteiger partial charge in [0.05, 0.1) is 6.61 Å². The highest BCUT2D eigenvalue weighted by molar-refractivity contribution is 7.87. The van der Waals surface area contributed by atoms with Gasteiger partial charge in [0.15, 0.2) is 11.5 Å². The third kappa shape index (κ3) is 4.35. The average Bonchev–Trinajstić information content (AvgIpc) is 3.08. The Morgan fingerprint density at radius 1 is 1.03 bits per heavy atom. The molecular weight excluding hydrogens is 458 g/mol. The zero-order valence-corrected chi connectivity index (χ0v) is 19.4. The summed E-state index contributed by atoms with van der Waals surface area (Å²) in [5, 5.41) is 0. The van der Waals surface area contributed by atoms with Gasteiger partial charge in [0.1, 0.15) is 17.8 Å². The Morgan fingerprint density at radius 3 is 2.35 bits per heavy atom. The lowest BCUT2D eigenvalue weighted by Gasteiger charge is -2.27. The van der Waals surface area contributed by atoms with Gasteiger partial charge in [-0.1, -0.05) is 30.3 Å². The number of aliphatic imine (C=N–C) groups is 1. The SMILES string of the molecule is COCCS(=O)(=O)Oc1cccc(C2(c3cccc(-c4cncnc4)c3)N=C(N)N(C)C2=O)c1. The summed E-state index contributed by atoms with van der Waals surface area (Å²) in [6, 6.07) is 13.5. The highest BCUT2D eigenvalue weighted by Gasteiger charge is 2.49. The monoisotopic (exact) mass is 481 g/mol. The predicted molar refractivity (Wildman–Crippen MR) is 125 cm³/mol. The normalized spacial score (nSPS) is 18.1. The molecule has 176 valence electrons. The van der Waals surface area contributed by atoms with Crippen molar-refractivity contribution in [3.63, 3.8) is 0 Å². The molecule has 0 bridgehead atoms. The van der Waals surface area contributed by atoms with Gasteiger partial charge in [-0.15, -0.1) is 0 Å². The third-order valence-electron chi connectivity index (χ3n) is 5.43. The first-order valence-corrected chi connectivity index (χ1v) is 11.9. The van der Waals surface area contributed by atoms with E-state index in [2.05, 4.69) is 15.0 Å². The fourth-order valence-electron chi connectivity index (χ4n) is 3.70. The Balaban J connectivity index is 1.83. The van der Waals surface area contributed by atoms with Gasteiger partial charge in [0, 0.05) is 32.1 Å². The second-order valence-electron chi connectivity index (χ2n) is 7.62. The zero-order chi connectivity index (χ0) is 24.3. The van der Waals surface area contributed by atoms with Crippen LogP contribution in [0.4, 0.5) is 0 Å². The largest absolute Gasteiger partial charge is 0.383 e. The number of benzene rings is 2. The lowest BCUT2D eigenvalue weighted by Crippen LogP contribution is -2.41. The van der Waals surface area contributed by atoms with Gasteiger partial charge < -0.3 is 14.7 Å². The standard InChI is InChI=1S/C23H23N5O5S/c1-28-21(29)23(27-22(28)24,18-6-3-5-16(11-18)17-13-25-15-26-14-17)19-7-4-8-20(12-19)33-34(30,31)10-9-32-2/h3-8,11-15H,9-10H2,1-2H3,(H2,24,27). The zero-order valence-electron chi connectivity index (χ0n) is 18.6. The molecule has 0 aliphatic carbocycles. The van der Waals surface area contributed by atoms with Crippen molar-refractivity contribution in [2.45, 2.75) is 5.54 Å². The van der Waals surface area contributed by atoms with Gasteiger partial charge in [0.25, 0.3) is 5.91 Å². The Morgan fingerprint density at radius 2 is 1.71 bits per heavy atom. The van der Waals surface area contributed by atoms with E-state index in [1.54, 1.807) is 36.7 Å². The molecule has 10 nitrogen and oxygen atoms in total. The number of hydrogen-bond acceptors (Lipinski definition) is 9. The molecule has 1 amide bonds. The third-order valence-corrected chi connectivity index (χ3v) is 6.54. The quantitative estimate of drug-likeness (QED) is 0.478. The number of carbonyl (C=O) groups is 1. The molecule has 2 N–H and O–H groups in total. The first-order valence-electron chi connectivity index (χ1n) is 10.3. The number of likely N-dealkylation sites (N-methyl/N-ethyl adjacent to an activating group) is 1. The molecule has 1 aliphatic heterocycles. The number of rotatable bonds is 8. The van der Waals surface area contributed by atoms with Crippen molar-refractivity contribution in [2.75, 3.05) is 26.5 Å². The van der Waals surface area contributed by atoms with Crippen LogP contribution in [0.5, 0.6) is 5.75 Å². The number of methoxy groups -OCH3 is 1. The van der Waals surface area contributed by atoms with Crippen molar-refractivity contribution < 1.29 is 22.1 Å². The molecular formula is C23H23N5O5S. The molecule has 3 aromatic rings. The molecule has 11 heteroatoms. The summed E-state index contributed by atoms with van der Waals surface area (Å²) in [4.78, 5) is 27.5. The van der Waals surface area contributed by atoms with Gasteiger partial charge in [-0.3, -0.25) is 9.69 Å². The van der Waals surface area contributed by atoms with E-state index in [1.165, 1.54) is 37.5 Å². The number of aromatic nitrogens is 2. The van der Waals surface area contributed by atoms with Crippen molar-refractivity contribution >= 4 is 22.0 Å². The van der Waals surface area contributed by atoms with E-state index in [-0.39, 0.29) is 30.0 Å². The van der Waals surface area contributed by atoms with Crippen LogP contribution in [-0.4, -0.2) is 61.7 Å². The maximum atomic E-state index is 13.6. The Labute approximate surface area is 197 Å². The smallest absolute Gasteiger partial charge is 0.311 e. The number of amides is 1.